The maximum Gasteiger partial charge on any atom is 0.181 e. The van der Waals surface area contributed by atoms with Crippen LogP contribution in [0.3, 0.4) is 0 Å². The lowest BCUT2D eigenvalue weighted by atomic mass is 10.2. The van der Waals surface area contributed by atoms with Gasteiger partial charge in [-0.1, -0.05) is 23.7 Å². The number of aliphatic hydroxyl groups is 1. The van der Waals surface area contributed by atoms with Crippen molar-refractivity contribution >= 4 is 22.6 Å². The number of halogens is 1. The van der Waals surface area contributed by atoms with Crippen molar-refractivity contribution in [3.05, 3.63) is 71.0 Å². The number of nitrogens with one attached hydrogen (secondary N) is 3. The van der Waals surface area contributed by atoms with Crippen molar-refractivity contribution in [2.75, 3.05) is 0 Å². The highest BCUT2D eigenvalue weighted by Gasteiger charge is 2.13. The Morgan fingerprint density at radius 1 is 1.20 bits per heavy atom. The molecule has 25 heavy (non-hydrogen) atoms. The third kappa shape index (κ3) is 3.28. The molecule has 0 aliphatic rings. The van der Waals surface area contributed by atoms with Gasteiger partial charge in [0.2, 0.25) is 0 Å². The number of pyridine rings is 1. The van der Waals surface area contributed by atoms with Crippen molar-refractivity contribution in [1.82, 2.24) is 25.5 Å². The van der Waals surface area contributed by atoms with E-state index in [2.05, 4.69) is 25.5 Å². The van der Waals surface area contributed by atoms with Crippen LogP contribution in [-0.2, 0) is 6.54 Å². The molecular weight excluding hydrogens is 338 g/mol. The predicted molar refractivity (Wildman–Crippen MR) is 96.9 cm³/mol. The molecule has 0 saturated carbocycles. The summed E-state index contributed by atoms with van der Waals surface area (Å²) in [6.45, 7) is 0.537. The van der Waals surface area contributed by atoms with E-state index >= 15 is 0 Å². The number of hydrogen-bond donors (Lipinski definition) is 4. The number of rotatable bonds is 5. The molecule has 7 heteroatoms. The van der Waals surface area contributed by atoms with E-state index in [1.54, 1.807) is 12.4 Å². The molecule has 1 unspecified atom stereocenters. The molecule has 1 atom stereocenters. The van der Waals surface area contributed by atoms with E-state index in [1.807, 2.05) is 42.5 Å². The lowest BCUT2D eigenvalue weighted by Crippen LogP contribution is -2.19. The molecule has 6 nitrogen and oxygen atoms in total. The predicted octanol–water partition coefficient (Wildman–Crippen LogP) is 3.39. The first-order valence-electron chi connectivity index (χ1n) is 7.84. The third-order valence-corrected chi connectivity index (χ3v) is 4.28. The molecule has 0 aliphatic heterocycles. The van der Waals surface area contributed by atoms with E-state index in [0.717, 1.165) is 27.9 Å². The normalized spacial score (nSPS) is 12.6. The van der Waals surface area contributed by atoms with Crippen molar-refractivity contribution in [2.24, 2.45) is 0 Å². The van der Waals surface area contributed by atoms with E-state index in [-0.39, 0.29) is 0 Å². The van der Waals surface area contributed by atoms with E-state index in [0.29, 0.717) is 17.2 Å². The Hall–Kier alpha value is -2.67. The second-order valence-electron chi connectivity index (χ2n) is 5.73. The van der Waals surface area contributed by atoms with E-state index < -0.39 is 6.23 Å². The molecule has 3 aromatic heterocycles. The van der Waals surface area contributed by atoms with Gasteiger partial charge in [-0.2, -0.15) is 5.10 Å². The van der Waals surface area contributed by atoms with Crippen LogP contribution >= 0.6 is 11.6 Å². The monoisotopic (exact) mass is 353 g/mol. The summed E-state index contributed by atoms with van der Waals surface area (Å²) >= 11 is 5.88. The first-order valence-corrected chi connectivity index (χ1v) is 8.22. The summed E-state index contributed by atoms with van der Waals surface area (Å²) in [5.41, 5.74) is 4.15. The Labute approximate surface area is 148 Å². The van der Waals surface area contributed by atoms with E-state index in [4.69, 9.17) is 11.6 Å². The second-order valence-corrected chi connectivity index (χ2v) is 6.17. The average molecular weight is 354 g/mol. The molecule has 4 rings (SSSR count). The zero-order valence-corrected chi connectivity index (χ0v) is 14.0. The van der Waals surface area contributed by atoms with Crippen LogP contribution in [0, 0.1) is 0 Å². The minimum Gasteiger partial charge on any atom is -0.374 e. The minimum absolute atomic E-state index is 0.537. The number of fused-ring (bicyclic) bond motifs is 1. The van der Waals surface area contributed by atoms with Crippen LogP contribution in [0.25, 0.3) is 22.4 Å². The van der Waals surface area contributed by atoms with Gasteiger partial charge in [-0.05, 0) is 35.9 Å². The number of nitrogens with zero attached hydrogens (tertiary/aromatic N) is 2. The first kappa shape index (κ1) is 15.8. The topological polar surface area (TPSA) is 89.6 Å². The molecule has 4 aromatic rings. The molecule has 0 aliphatic carbocycles. The summed E-state index contributed by atoms with van der Waals surface area (Å²) < 4.78 is 0. The fourth-order valence-corrected chi connectivity index (χ4v) is 2.83. The van der Waals surface area contributed by atoms with Crippen LogP contribution < -0.4 is 5.32 Å². The molecule has 0 amide bonds. The minimum atomic E-state index is -0.784. The van der Waals surface area contributed by atoms with Gasteiger partial charge in [0.1, 0.15) is 6.23 Å². The van der Waals surface area contributed by atoms with Gasteiger partial charge in [-0.15, -0.1) is 0 Å². The summed E-state index contributed by atoms with van der Waals surface area (Å²) in [6.07, 6.45) is 2.70. The standard InChI is InChI=1S/C18H16ClN5O/c19-13-5-3-11(4-6-13)9-22-18(25)12-8-15(21-10-12)16-14-2-1-7-20-17(14)24-23-16/h1-8,10,18,21-22,25H,9H2,(H,20,23,24). The highest BCUT2D eigenvalue weighted by molar-refractivity contribution is 6.30. The Balaban J connectivity index is 1.49. The zero-order chi connectivity index (χ0) is 17.2. The number of aliphatic hydroxyl groups excluding tert-OH is 1. The molecule has 4 N–H and O–H groups in total. The van der Waals surface area contributed by atoms with Crippen LogP contribution in [0.15, 0.2) is 54.9 Å². The smallest absolute Gasteiger partial charge is 0.181 e. The Morgan fingerprint density at radius 3 is 2.88 bits per heavy atom. The van der Waals surface area contributed by atoms with E-state index in [1.165, 1.54) is 0 Å². The summed E-state index contributed by atoms with van der Waals surface area (Å²) in [5.74, 6) is 0. The summed E-state index contributed by atoms with van der Waals surface area (Å²) in [7, 11) is 0. The number of benzene rings is 1. The summed E-state index contributed by atoms with van der Waals surface area (Å²) in [4.78, 5) is 7.38. The quantitative estimate of drug-likeness (QED) is 0.414. The fourth-order valence-electron chi connectivity index (χ4n) is 2.70. The van der Waals surface area contributed by atoms with Crippen LogP contribution in [-0.4, -0.2) is 25.3 Å². The number of hydrogen-bond acceptors (Lipinski definition) is 4. The third-order valence-electron chi connectivity index (χ3n) is 4.03. The first-order chi connectivity index (χ1) is 12.2. The van der Waals surface area contributed by atoms with Crippen molar-refractivity contribution in [2.45, 2.75) is 12.8 Å². The van der Waals surface area contributed by atoms with Gasteiger partial charge in [-0.3, -0.25) is 10.4 Å². The average Bonchev–Trinajstić information content (AvgIpc) is 3.27. The van der Waals surface area contributed by atoms with Gasteiger partial charge in [-0.25, -0.2) is 4.98 Å². The van der Waals surface area contributed by atoms with Gasteiger partial charge < -0.3 is 10.1 Å². The van der Waals surface area contributed by atoms with Crippen molar-refractivity contribution in [3.8, 4) is 11.4 Å². The molecule has 0 spiro atoms. The Kier molecular flexibility index (Phi) is 4.23. The second kappa shape index (κ2) is 6.68. The highest BCUT2D eigenvalue weighted by Crippen LogP contribution is 2.26. The van der Waals surface area contributed by atoms with Crippen molar-refractivity contribution in [3.63, 3.8) is 0 Å². The fraction of sp³-hybridized carbons (Fsp3) is 0.111. The van der Waals surface area contributed by atoms with Crippen LogP contribution in [0.2, 0.25) is 5.02 Å². The summed E-state index contributed by atoms with van der Waals surface area (Å²) in [6, 6.07) is 13.2. The van der Waals surface area contributed by atoms with Crippen LogP contribution in [0.5, 0.6) is 0 Å². The molecule has 126 valence electrons. The van der Waals surface area contributed by atoms with Crippen molar-refractivity contribution < 1.29 is 5.11 Å². The van der Waals surface area contributed by atoms with Gasteiger partial charge in [0.15, 0.2) is 5.65 Å². The molecule has 0 fully saturated rings. The van der Waals surface area contributed by atoms with Crippen LogP contribution in [0.1, 0.15) is 17.4 Å². The van der Waals surface area contributed by atoms with Gasteiger partial charge in [0, 0.05) is 34.9 Å². The highest BCUT2D eigenvalue weighted by atomic mass is 35.5. The molecule has 0 bridgehead atoms. The van der Waals surface area contributed by atoms with Gasteiger partial charge >= 0.3 is 0 Å². The molecular formula is C18H16ClN5O. The lowest BCUT2D eigenvalue weighted by molar-refractivity contribution is 0.137. The SMILES string of the molecule is OC(NCc1ccc(Cl)cc1)c1c[nH]c(-c2[nH]nc3ncccc23)c1. The molecule has 0 saturated heterocycles. The zero-order valence-electron chi connectivity index (χ0n) is 13.2. The van der Waals surface area contributed by atoms with Gasteiger partial charge in [0.25, 0.3) is 0 Å². The molecule has 3 heterocycles. The van der Waals surface area contributed by atoms with E-state index in [9.17, 15) is 5.11 Å². The van der Waals surface area contributed by atoms with Crippen molar-refractivity contribution in [1.29, 1.82) is 0 Å². The maximum atomic E-state index is 10.4. The Bertz CT molecular complexity index is 992. The lowest BCUT2D eigenvalue weighted by Gasteiger charge is -2.11. The largest absolute Gasteiger partial charge is 0.374 e. The summed E-state index contributed by atoms with van der Waals surface area (Å²) in [5, 5.41) is 22.2. The van der Waals surface area contributed by atoms with Crippen LogP contribution in [0.4, 0.5) is 0 Å². The molecule has 1 aromatic carbocycles. The molecule has 0 radical (unpaired) electrons. The Morgan fingerprint density at radius 2 is 2.04 bits per heavy atom. The maximum absolute atomic E-state index is 10.4. The number of aromatic amines is 2. The van der Waals surface area contributed by atoms with Gasteiger partial charge in [0.05, 0.1) is 11.4 Å². The number of aromatic nitrogens is 4. The number of H-pyrrole nitrogens is 2.